The molecule has 0 bridgehead atoms. The molecule has 3 unspecified atom stereocenters. The monoisotopic (exact) mass is 224 g/mol. The molecular weight excluding hydrogens is 196 g/mol. The summed E-state index contributed by atoms with van der Waals surface area (Å²) in [6.45, 7) is 3.74. The van der Waals surface area contributed by atoms with Crippen molar-refractivity contribution in [2.75, 3.05) is 20.6 Å². The molecule has 2 saturated carbocycles. The Bertz CT molecular complexity index is 213. The summed E-state index contributed by atoms with van der Waals surface area (Å²) in [6, 6.07) is 1.50. The zero-order chi connectivity index (χ0) is 11.5. The van der Waals surface area contributed by atoms with Gasteiger partial charge < -0.3 is 10.2 Å². The van der Waals surface area contributed by atoms with Crippen LogP contribution in [0.15, 0.2) is 0 Å². The Morgan fingerprint density at radius 1 is 1.19 bits per heavy atom. The maximum atomic E-state index is 3.52. The molecule has 2 rings (SSSR count). The molecule has 0 aromatic heterocycles. The maximum absolute atomic E-state index is 3.52. The van der Waals surface area contributed by atoms with Gasteiger partial charge in [-0.2, -0.15) is 0 Å². The number of nitrogens with zero attached hydrogens (tertiary/aromatic N) is 1. The predicted molar refractivity (Wildman–Crippen MR) is 69.6 cm³/mol. The molecule has 0 aromatic rings. The first-order valence-electron chi connectivity index (χ1n) is 7.08. The minimum absolute atomic E-state index is 0.723. The van der Waals surface area contributed by atoms with Gasteiger partial charge in [0.25, 0.3) is 0 Å². The van der Waals surface area contributed by atoms with E-state index in [4.69, 9.17) is 0 Å². The van der Waals surface area contributed by atoms with Crippen LogP contribution in [0.5, 0.6) is 0 Å². The van der Waals surface area contributed by atoms with Gasteiger partial charge in [0.05, 0.1) is 0 Å². The van der Waals surface area contributed by atoms with Crippen LogP contribution in [0.1, 0.15) is 45.4 Å². The van der Waals surface area contributed by atoms with Crippen LogP contribution in [0.3, 0.4) is 0 Å². The van der Waals surface area contributed by atoms with Gasteiger partial charge in [0.15, 0.2) is 0 Å². The second-order valence-electron chi connectivity index (χ2n) is 6.12. The lowest BCUT2D eigenvalue weighted by Crippen LogP contribution is -2.52. The zero-order valence-electron chi connectivity index (χ0n) is 11.2. The van der Waals surface area contributed by atoms with Crippen molar-refractivity contribution < 1.29 is 0 Å². The molecule has 94 valence electrons. The van der Waals surface area contributed by atoms with Crippen LogP contribution < -0.4 is 5.32 Å². The first-order valence-corrected chi connectivity index (χ1v) is 7.08. The number of rotatable bonds is 4. The lowest BCUT2D eigenvalue weighted by atomic mass is 9.80. The highest BCUT2D eigenvalue weighted by molar-refractivity contribution is 4.89. The minimum Gasteiger partial charge on any atom is -0.315 e. The Morgan fingerprint density at radius 3 is 2.50 bits per heavy atom. The van der Waals surface area contributed by atoms with Crippen molar-refractivity contribution >= 4 is 0 Å². The highest BCUT2D eigenvalue weighted by Crippen LogP contribution is 2.31. The average molecular weight is 224 g/mol. The van der Waals surface area contributed by atoms with Crippen molar-refractivity contribution in [1.29, 1.82) is 0 Å². The van der Waals surface area contributed by atoms with E-state index in [-0.39, 0.29) is 0 Å². The van der Waals surface area contributed by atoms with Crippen molar-refractivity contribution in [3.8, 4) is 0 Å². The summed E-state index contributed by atoms with van der Waals surface area (Å²) in [6.07, 6.45) is 8.55. The molecule has 0 heterocycles. The van der Waals surface area contributed by atoms with Gasteiger partial charge in [0.2, 0.25) is 0 Å². The molecule has 0 aromatic carbocycles. The lowest BCUT2D eigenvalue weighted by molar-refractivity contribution is 0.0955. The fourth-order valence-corrected chi connectivity index (χ4v) is 3.39. The third-order valence-electron chi connectivity index (χ3n) is 4.79. The van der Waals surface area contributed by atoms with Gasteiger partial charge in [0.1, 0.15) is 0 Å². The Balaban J connectivity index is 1.87. The highest BCUT2D eigenvalue weighted by atomic mass is 15.2. The van der Waals surface area contributed by atoms with E-state index < -0.39 is 0 Å². The van der Waals surface area contributed by atoms with E-state index in [0.717, 1.165) is 23.9 Å². The normalized spacial score (nSPS) is 36.4. The van der Waals surface area contributed by atoms with Gasteiger partial charge in [0, 0.05) is 18.6 Å². The van der Waals surface area contributed by atoms with Crippen LogP contribution in [0.2, 0.25) is 0 Å². The number of hydrogen-bond acceptors (Lipinski definition) is 2. The molecule has 1 N–H and O–H groups in total. The highest BCUT2D eigenvalue weighted by Gasteiger charge is 2.32. The van der Waals surface area contributed by atoms with Gasteiger partial charge in [-0.1, -0.05) is 13.3 Å². The fourth-order valence-electron chi connectivity index (χ4n) is 3.39. The molecule has 2 aliphatic carbocycles. The second-order valence-corrected chi connectivity index (χ2v) is 6.12. The van der Waals surface area contributed by atoms with E-state index in [1.807, 2.05) is 0 Å². The van der Waals surface area contributed by atoms with E-state index in [1.165, 1.54) is 45.1 Å². The largest absolute Gasteiger partial charge is 0.315 e. The molecule has 3 atom stereocenters. The first kappa shape index (κ1) is 12.4. The standard InChI is InChI=1S/C14H28N2/c1-11-7-8-13(15-2)14(9-11)16(3)10-12-5-4-6-12/h11-15H,4-10H2,1-3H3. The van der Waals surface area contributed by atoms with Crippen molar-refractivity contribution in [2.45, 2.75) is 57.5 Å². The number of nitrogens with one attached hydrogen (secondary N) is 1. The van der Waals surface area contributed by atoms with Crippen LogP contribution in [-0.2, 0) is 0 Å². The Kier molecular flexibility index (Phi) is 4.26. The Labute approximate surface area is 101 Å². The van der Waals surface area contributed by atoms with Crippen molar-refractivity contribution in [3.63, 3.8) is 0 Å². The van der Waals surface area contributed by atoms with E-state index in [9.17, 15) is 0 Å². The summed E-state index contributed by atoms with van der Waals surface area (Å²) in [7, 11) is 4.47. The van der Waals surface area contributed by atoms with Crippen LogP contribution in [-0.4, -0.2) is 37.6 Å². The third-order valence-corrected chi connectivity index (χ3v) is 4.79. The van der Waals surface area contributed by atoms with Gasteiger partial charge in [-0.05, 0) is 58.0 Å². The average Bonchev–Trinajstić information content (AvgIpc) is 2.23. The van der Waals surface area contributed by atoms with Crippen LogP contribution in [0.4, 0.5) is 0 Å². The molecule has 2 nitrogen and oxygen atoms in total. The topological polar surface area (TPSA) is 15.3 Å². The second kappa shape index (κ2) is 5.50. The molecular formula is C14H28N2. The summed E-state index contributed by atoms with van der Waals surface area (Å²) in [4.78, 5) is 2.64. The molecule has 2 fully saturated rings. The van der Waals surface area contributed by atoms with Crippen molar-refractivity contribution in [3.05, 3.63) is 0 Å². The zero-order valence-corrected chi connectivity index (χ0v) is 11.2. The molecule has 0 saturated heterocycles. The van der Waals surface area contributed by atoms with Crippen LogP contribution >= 0.6 is 0 Å². The molecule has 2 aliphatic rings. The predicted octanol–water partition coefficient (Wildman–Crippen LogP) is 2.49. The minimum atomic E-state index is 0.723. The smallest absolute Gasteiger partial charge is 0.0248 e. The van der Waals surface area contributed by atoms with E-state index >= 15 is 0 Å². The lowest BCUT2D eigenvalue weighted by Gasteiger charge is -2.42. The maximum Gasteiger partial charge on any atom is 0.0248 e. The quantitative estimate of drug-likeness (QED) is 0.789. The van der Waals surface area contributed by atoms with Crippen LogP contribution in [0.25, 0.3) is 0 Å². The van der Waals surface area contributed by atoms with Gasteiger partial charge >= 0.3 is 0 Å². The van der Waals surface area contributed by atoms with E-state index in [0.29, 0.717) is 0 Å². The first-order chi connectivity index (χ1) is 7.70. The summed E-state index contributed by atoms with van der Waals surface area (Å²) in [5.41, 5.74) is 0. The molecule has 0 amide bonds. The Morgan fingerprint density at radius 2 is 1.94 bits per heavy atom. The number of likely N-dealkylation sites (N-methyl/N-ethyl adjacent to an activating group) is 2. The molecule has 16 heavy (non-hydrogen) atoms. The van der Waals surface area contributed by atoms with E-state index in [2.05, 4.69) is 31.2 Å². The molecule has 0 radical (unpaired) electrons. The van der Waals surface area contributed by atoms with Gasteiger partial charge in [-0.25, -0.2) is 0 Å². The summed E-state index contributed by atoms with van der Waals surface area (Å²) >= 11 is 0. The molecule has 2 heteroatoms. The number of hydrogen-bond donors (Lipinski definition) is 1. The summed E-state index contributed by atoms with van der Waals surface area (Å²) in [5.74, 6) is 1.91. The molecule has 0 aliphatic heterocycles. The van der Waals surface area contributed by atoms with Crippen molar-refractivity contribution in [1.82, 2.24) is 10.2 Å². The van der Waals surface area contributed by atoms with E-state index in [1.54, 1.807) is 0 Å². The molecule has 0 spiro atoms. The van der Waals surface area contributed by atoms with Gasteiger partial charge in [-0.3, -0.25) is 0 Å². The van der Waals surface area contributed by atoms with Gasteiger partial charge in [-0.15, -0.1) is 0 Å². The van der Waals surface area contributed by atoms with Crippen LogP contribution in [0, 0.1) is 11.8 Å². The third kappa shape index (κ3) is 2.78. The summed E-state index contributed by atoms with van der Waals surface area (Å²) in [5, 5.41) is 3.52. The fraction of sp³-hybridized carbons (Fsp3) is 1.00. The summed E-state index contributed by atoms with van der Waals surface area (Å²) < 4.78 is 0. The SMILES string of the molecule is CNC1CCC(C)CC1N(C)CC1CCC1. The Hall–Kier alpha value is -0.0800. The van der Waals surface area contributed by atoms with Crippen molar-refractivity contribution in [2.24, 2.45) is 11.8 Å².